The van der Waals surface area contributed by atoms with Crippen molar-refractivity contribution in [2.45, 2.75) is 19.3 Å². The van der Waals surface area contributed by atoms with Gasteiger partial charge in [0.1, 0.15) is 0 Å². The van der Waals surface area contributed by atoms with E-state index >= 15 is 0 Å². The predicted octanol–water partition coefficient (Wildman–Crippen LogP) is 13.6. The molecule has 0 amide bonds. The average molecular weight is 743 g/mol. The fourth-order valence-corrected chi connectivity index (χ4v) is 8.87. The molecule has 0 radical (unpaired) electrons. The molecule has 0 saturated carbocycles. The second-order valence-electron chi connectivity index (χ2n) is 15.7. The van der Waals surface area contributed by atoms with Crippen molar-refractivity contribution in [2.75, 3.05) is 0 Å². The molecule has 1 aliphatic rings. The van der Waals surface area contributed by atoms with Gasteiger partial charge >= 0.3 is 0 Å². The van der Waals surface area contributed by atoms with Crippen molar-refractivity contribution in [3.05, 3.63) is 205 Å². The van der Waals surface area contributed by atoms with Crippen molar-refractivity contribution in [1.82, 2.24) is 19.5 Å². The van der Waals surface area contributed by atoms with Gasteiger partial charge in [0.05, 0.1) is 11.0 Å². The Balaban J connectivity index is 0.933. The number of nitrogens with zero attached hydrogens (tertiary/aromatic N) is 4. The number of para-hydroxylation sites is 1. The molecule has 58 heavy (non-hydrogen) atoms. The van der Waals surface area contributed by atoms with Gasteiger partial charge in [0.15, 0.2) is 17.5 Å². The molecule has 1 aliphatic carbocycles. The summed E-state index contributed by atoms with van der Waals surface area (Å²) in [4.78, 5) is 14.8. The fourth-order valence-electron chi connectivity index (χ4n) is 8.87. The molecule has 0 bridgehead atoms. The van der Waals surface area contributed by atoms with Gasteiger partial charge in [-0.3, -0.25) is 0 Å². The Morgan fingerprint density at radius 1 is 0.345 bits per heavy atom. The van der Waals surface area contributed by atoms with Crippen molar-refractivity contribution in [3.63, 3.8) is 0 Å². The third-order valence-electron chi connectivity index (χ3n) is 11.9. The Hall–Kier alpha value is -7.43. The van der Waals surface area contributed by atoms with Crippen LogP contribution >= 0.6 is 0 Å². The highest BCUT2D eigenvalue weighted by Gasteiger charge is 2.35. The Morgan fingerprint density at radius 3 is 1.47 bits per heavy atom. The molecule has 11 rings (SSSR count). The zero-order chi connectivity index (χ0) is 38.8. The van der Waals surface area contributed by atoms with Gasteiger partial charge < -0.3 is 4.57 Å². The van der Waals surface area contributed by atoms with Crippen molar-refractivity contribution in [1.29, 1.82) is 0 Å². The lowest BCUT2D eigenvalue weighted by molar-refractivity contribution is 0.660. The van der Waals surface area contributed by atoms with E-state index in [1.807, 2.05) is 60.7 Å². The Bertz CT molecular complexity index is 3100. The SMILES string of the molecule is CC1(C)c2ccccc2-c2ccc(-c3ccc(-c4ccc5c(c4)c4ccccc4n5-c4ccc(-c5nc(-c6ccccc6)nc(-c6ccccc6)n5)cc4)cc3)cc21. The number of aromatic nitrogens is 4. The summed E-state index contributed by atoms with van der Waals surface area (Å²) in [5.74, 6) is 1.95. The third kappa shape index (κ3) is 5.56. The lowest BCUT2D eigenvalue weighted by atomic mass is 9.81. The monoisotopic (exact) mass is 742 g/mol. The molecule has 4 nitrogen and oxygen atoms in total. The first kappa shape index (κ1) is 33.9. The normalized spacial score (nSPS) is 12.8. The third-order valence-corrected chi connectivity index (χ3v) is 11.9. The maximum atomic E-state index is 4.95. The van der Waals surface area contributed by atoms with Crippen LogP contribution in [0.1, 0.15) is 25.0 Å². The number of fused-ring (bicyclic) bond motifs is 6. The van der Waals surface area contributed by atoms with Crippen LogP contribution in [0.4, 0.5) is 0 Å². The molecular weight excluding hydrogens is 705 g/mol. The van der Waals surface area contributed by atoms with Crippen LogP contribution in [0.15, 0.2) is 194 Å². The fraction of sp³-hybridized carbons (Fsp3) is 0.0556. The Kier molecular flexibility index (Phi) is 7.80. The van der Waals surface area contributed by atoms with E-state index in [4.69, 9.17) is 15.0 Å². The highest BCUT2D eigenvalue weighted by molar-refractivity contribution is 6.10. The molecule has 8 aromatic carbocycles. The predicted molar refractivity (Wildman–Crippen MR) is 239 cm³/mol. The van der Waals surface area contributed by atoms with Crippen LogP contribution in [-0.4, -0.2) is 19.5 Å². The van der Waals surface area contributed by atoms with Crippen molar-refractivity contribution >= 4 is 21.8 Å². The van der Waals surface area contributed by atoms with E-state index in [9.17, 15) is 0 Å². The molecule has 0 N–H and O–H groups in total. The summed E-state index contributed by atoms with van der Waals surface area (Å²) in [5.41, 5.74) is 16.6. The average Bonchev–Trinajstić information content (AvgIpc) is 3.74. The van der Waals surface area contributed by atoms with E-state index in [-0.39, 0.29) is 5.41 Å². The maximum absolute atomic E-state index is 4.95. The first-order chi connectivity index (χ1) is 28.5. The minimum atomic E-state index is -0.0221. The van der Waals surface area contributed by atoms with Crippen molar-refractivity contribution < 1.29 is 0 Å². The van der Waals surface area contributed by atoms with E-state index < -0.39 is 0 Å². The molecule has 2 heterocycles. The lowest BCUT2D eigenvalue weighted by Crippen LogP contribution is -2.14. The molecule has 0 unspecified atom stereocenters. The van der Waals surface area contributed by atoms with Crippen LogP contribution in [0.3, 0.4) is 0 Å². The van der Waals surface area contributed by atoms with Gasteiger partial charge in [-0.25, -0.2) is 15.0 Å². The van der Waals surface area contributed by atoms with Crippen LogP contribution in [-0.2, 0) is 5.41 Å². The van der Waals surface area contributed by atoms with Crippen molar-refractivity contribution in [2.24, 2.45) is 0 Å². The van der Waals surface area contributed by atoms with E-state index in [2.05, 4.69) is 152 Å². The van der Waals surface area contributed by atoms with Gasteiger partial charge in [0, 0.05) is 38.6 Å². The van der Waals surface area contributed by atoms with Gasteiger partial charge in [0.2, 0.25) is 0 Å². The zero-order valence-electron chi connectivity index (χ0n) is 32.3. The molecule has 0 spiro atoms. The van der Waals surface area contributed by atoms with E-state index in [0.717, 1.165) is 33.4 Å². The summed E-state index contributed by atoms with van der Waals surface area (Å²) < 4.78 is 2.35. The largest absolute Gasteiger partial charge is 0.309 e. The molecule has 4 heteroatoms. The molecule has 10 aromatic rings. The summed E-state index contributed by atoms with van der Waals surface area (Å²) >= 11 is 0. The number of hydrogen-bond donors (Lipinski definition) is 0. The minimum Gasteiger partial charge on any atom is -0.309 e. The second kappa shape index (κ2) is 13.4. The zero-order valence-corrected chi connectivity index (χ0v) is 32.3. The Labute approximate surface area is 337 Å². The van der Waals surface area contributed by atoms with Crippen LogP contribution in [0.25, 0.3) is 95.0 Å². The molecule has 0 aliphatic heterocycles. The number of benzene rings is 8. The molecule has 0 atom stereocenters. The standard InChI is InChI=1S/C54H38N4/c1-54(2)47-19-11-9-17-43(47)44-31-27-41(34-48(44)54)36-23-21-35(22-24-36)40-28-32-50-46(33-40)45-18-10-12-20-49(45)58(50)42-29-25-39(26-30-42)53-56-51(37-13-5-3-6-14-37)55-52(57-53)38-15-7-4-8-16-38/h3-34H,1-2H3. The van der Waals surface area contributed by atoms with Crippen LogP contribution in [0, 0.1) is 0 Å². The smallest absolute Gasteiger partial charge is 0.164 e. The van der Waals surface area contributed by atoms with Crippen LogP contribution in [0.2, 0.25) is 0 Å². The first-order valence-electron chi connectivity index (χ1n) is 19.9. The summed E-state index contributed by atoms with van der Waals surface area (Å²) in [6.07, 6.45) is 0. The van der Waals surface area contributed by atoms with E-state index in [0.29, 0.717) is 17.5 Å². The summed E-state index contributed by atoms with van der Waals surface area (Å²) in [5, 5.41) is 2.44. The van der Waals surface area contributed by atoms with E-state index in [1.54, 1.807) is 0 Å². The van der Waals surface area contributed by atoms with Crippen LogP contribution in [0.5, 0.6) is 0 Å². The highest BCUT2D eigenvalue weighted by Crippen LogP contribution is 2.49. The van der Waals surface area contributed by atoms with Gasteiger partial charge in [-0.1, -0.05) is 159 Å². The summed E-state index contributed by atoms with van der Waals surface area (Å²) in [6, 6.07) is 69.1. The highest BCUT2D eigenvalue weighted by atomic mass is 15.0. The molecule has 2 aromatic heterocycles. The number of hydrogen-bond acceptors (Lipinski definition) is 3. The van der Waals surface area contributed by atoms with E-state index in [1.165, 1.54) is 55.3 Å². The molecule has 0 saturated heterocycles. The summed E-state index contributed by atoms with van der Waals surface area (Å²) in [7, 11) is 0. The van der Waals surface area contributed by atoms with Gasteiger partial charge in [0.25, 0.3) is 0 Å². The molecule has 274 valence electrons. The second-order valence-corrected chi connectivity index (χ2v) is 15.7. The minimum absolute atomic E-state index is 0.0221. The quantitative estimate of drug-likeness (QED) is 0.170. The molecule has 0 fully saturated rings. The van der Waals surface area contributed by atoms with Gasteiger partial charge in [-0.2, -0.15) is 0 Å². The van der Waals surface area contributed by atoms with Crippen LogP contribution < -0.4 is 0 Å². The van der Waals surface area contributed by atoms with Crippen molar-refractivity contribution in [3.8, 4) is 73.2 Å². The lowest BCUT2D eigenvalue weighted by Gasteiger charge is -2.22. The van der Waals surface area contributed by atoms with Gasteiger partial charge in [-0.15, -0.1) is 0 Å². The topological polar surface area (TPSA) is 43.6 Å². The number of rotatable bonds is 6. The molecular formula is C54H38N4. The van der Waals surface area contributed by atoms with Gasteiger partial charge in [-0.05, 0) is 93.0 Å². The summed E-state index contributed by atoms with van der Waals surface area (Å²) in [6.45, 7) is 4.68. The Morgan fingerprint density at radius 2 is 0.810 bits per heavy atom. The maximum Gasteiger partial charge on any atom is 0.164 e. The first-order valence-corrected chi connectivity index (χ1v) is 19.9.